The summed E-state index contributed by atoms with van der Waals surface area (Å²) in [5.41, 5.74) is 2.83. The average molecular weight is 264 g/mol. The SMILES string of the molecule is Cc1ncsc1-c1nc(N2CCN[C@@H](C)C2)n[nH]1. The number of hydrogen-bond acceptors (Lipinski definition) is 6. The fraction of sp³-hybridized carbons (Fsp3) is 0.545. The Bertz CT molecular complexity index is 533. The Balaban J connectivity index is 1.83. The van der Waals surface area contributed by atoms with Crippen LogP contribution >= 0.6 is 11.3 Å². The van der Waals surface area contributed by atoms with E-state index in [1.165, 1.54) is 0 Å². The number of aromatic amines is 1. The first-order valence-electron chi connectivity index (χ1n) is 6.05. The van der Waals surface area contributed by atoms with E-state index in [1.54, 1.807) is 11.3 Å². The van der Waals surface area contributed by atoms with Crippen LogP contribution in [0.15, 0.2) is 5.51 Å². The molecule has 1 aliphatic heterocycles. The molecule has 0 aliphatic carbocycles. The monoisotopic (exact) mass is 264 g/mol. The molecule has 96 valence electrons. The van der Waals surface area contributed by atoms with Gasteiger partial charge in [-0.15, -0.1) is 16.4 Å². The van der Waals surface area contributed by atoms with Gasteiger partial charge in [0.2, 0.25) is 5.95 Å². The largest absolute Gasteiger partial charge is 0.337 e. The Morgan fingerprint density at radius 2 is 2.39 bits per heavy atom. The van der Waals surface area contributed by atoms with Crippen molar-refractivity contribution in [2.75, 3.05) is 24.5 Å². The second kappa shape index (κ2) is 4.66. The molecular weight excluding hydrogens is 248 g/mol. The highest BCUT2D eigenvalue weighted by molar-refractivity contribution is 7.13. The second-order valence-electron chi connectivity index (χ2n) is 4.55. The van der Waals surface area contributed by atoms with E-state index in [9.17, 15) is 0 Å². The van der Waals surface area contributed by atoms with E-state index in [0.29, 0.717) is 6.04 Å². The van der Waals surface area contributed by atoms with Gasteiger partial charge in [-0.05, 0) is 13.8 Å². The van der Waals surface area contributed by atoms with Crippen molar-refractivity contribution in [2.24, 2.45) is 0 Å². The van der Waals surface area contributed by atoms with Crippen LogP contribution in [0.1, 0.15) is 12.6 Å². The Morgan fingerprint density at radius 1 is 1.50 bits per heavy atom. The average Bonchev–Trinajstić information content (AvgIpc) is 2.97. The fourth-order valence-corrected chi connectivity index (χ4v) is 2.88. The topological polar surface area (TPSA) is 69.7 Å². The first-order chi connectivity index (χ1) is 8.74. The molecule has 2 N–H and O–H groups in total. The first kappa shape index (κ1) is 11.6. The van der Waals surface area contributed by atoms with Gasteiger partial charge in [0.25, 0.3) is 0 Å². The molecule has 0 unspecified atom stereocenters. The molecule has 1 saturated heterocycles. The summed E-state index contributed by atoms with van der Waals surface area (Å²) in [6.07, 6.45) is 0. The highest BCUT2D eigenvalue weighted by atomic mass is 32.1. The molecule has 2 aromatic rings. The summed E-state index contributed by atoms with van der Waals surface area (Å²) in [7, 11) is 0. The number of thiazole rings is 1. The number of rotatable bonds is 2. The minimum Gasteiger partial charge on any atom is -0.337 e. The Kier molecular flexibility index (Phi) is 3.00. The van der Waals surface area contributed by atoms with Gasteiger partial charge in [-0.1, -0.05) is 0 Å². The maximum atomic E-state index is 4.57. The van der Waals surface area contributed by atoms with Gasteiger partial charge in [0.05, 0.1) is 16.1 Å². The summed E-state index contributed by atoms with van der Waals surface area (Å²) in [5.74, 6) is 1.60. The number of anilines is 1. The van der Waals surface area contributed by atoms with Crippen molar-refractivity contribution in [3.63, 3.8) is 0 Å². The molecule has 1 atom stereocenters. The second-order valence-corrected chi connectivity index (χ2v) is 5.41. The van der Waals surface area contributed by atoms with E-state index >= 15 is 0 Å². The zero-order chi connectivity index (χ0) is 12.5. The summed E-state index contributed by atoms with van der Waals surface area (Å²) in [4.78, 5) is 12.1. The molecule has 6 nitrogen and oxygen atoms in total. The molecule has 3 rings (SSSR count). The van der Waals surface area contributed by atoms with Crippen LogP contribution in [0, 0.1) is 6.92 Å². The summed E-state index contributed by atoms with van der Waals surface area (Å²) < 4.78 is 0. The number of aromatic nitrogens is 4. The van der Waals surface area contributed by atoms with Crippen molar-refractivity contribution in [1.29, 1.82) is 0 Å². The van der Waals surface area contributed by atoms with Crippen LogP contribution in [0.2, 0.25) is 0 Å². The van der Waals surface area contributed by atoms with Gasteiger partial charge in [0.15, 0.2) is 5.82 Å². The van der Waals surface area contributed by atoms with Gasteiger partial charge in [-0.3, -0.25) is 5.10 Å². The van der Waals surface area contributed by atoms with Gasteiger partial charge in [0, 0.05) is 25.7 Å². The van der Waals surface area contributed by atoms with E-state index in [2.05, 4.69) is 37.3 Å². The van der Waals surface area contributed by atoms with E-state index in [0.717, 1.165) is 42.0 Å². The number of piperazine rings is 1. The lowest BCUT2D eigenvalue weighted by atomic mass is 10.2. The summed E-state index contributed by atoms with van der Waals surface area (Å²) >= 11 is 1.59. The molecule has 7 heteroatoms. The lowest BCUT2D eigenvalue weighted by molar-refractivity contribution is 0.480. The van der Waals surface area contributed by atoms with E-state index in [1.807, 2.05) is 12.4 Å². The predicted octanol–water partition coefficient (Wildman–Crippen LogP) is 1.03. The van der Waals surface area contributed by atoms with Crippen LogP contribution < -0.4 is 10.2 Å². The molecule has 0 radical (unpaired) electrons. The molecule has 18 heavy (non-hydrogen) atoms. The molecule has 0 spiro atoms. The van der Waals surface area contributed by atoms with Crippen molar-refractivity contribution in [2.45, 2.75) is 19.9 Å². The molecule has 1 fully saturated rings. The molecule has 0 bridgehead atoms. The minimum atomic E-state index is 0.478. The van der Waals surface area contributed by atoms with Gasteiger partial charge < -0.3 is 10.2 Å². The zero-order valence-corrected chi connectivity index (χ0v) is 11.3. The highest BCUT2D eigenvalue weighted by Crippen LogP contribution is 2.25. The van der Waals surface area contributed by atoms with Crippen LogP contribution in [-0.2, 0) is 0 Å². The maximum absolute atomic E-state index is 4.57. The normalized spacial score (nSPS) is 20.3. The molecule has 0 amide bonds. The first-order valence-corrected chi connectivity index (χ1v) is 6.93. The lowest BCUT2D eigenvalue weighted by Gasteiger charge is -2.30. The molecule has 0 aromatic carbocycles. The van der Waals surface area contributed by atoms with Crippen molar-refractivity contribution < 1.29 is 0 Å². The van der Waals surface area contributed by atoms with Gasteiger partial charge in [0.1, 0.15) is 0 Å². The quantitative estimate of drug-likeness (QED) is 0.848. The molecule has 1 aliphatic rings. The number of H-pyrrole nitrogens is 1. The van der Waals surface area contributed by atoms with Crippen LogP contribution in [0.3, 0.4) is 0 Å². The highest BCUT2D eigenvalue weighted by Gasteiger charge is 2.20. The number of aryl methyl sites for hydroxylation is 1. The molecular formula is C11H16N6S. The Hall–Kier alpha value is -1.47. The van der Waals surface area contributed by atoms with Crippen molar-refractivity contribution in [3.8, 4) is 10.7 Å². The van der Waals surface area contributed by atoms with Crippen molar-refractivity contribution >= 4 is 17.3 Å². The fourth-order valence-electron chi connectivity index (χ4n) is 2.14. The maximum Gasteiger partial charge on any atom is 0.245 e. The molecule has 0 saturated carbocycles. The smallest absolute Gasteiger partial charge is 0.245 e. The van der Waals surface area contributed by atoms with Gasteiger partial charge in [-0.2, -0.15) is 4.98 Å². The number of hydrogen-bond donors (Lipinski definition) is 2. The third kappa shape index (κ3) is 2.11. The summed E-state index contributed by atoms with van der Waals surface area (Å²) in [5, 5.41) is 10.7. The van der Waals surface area contributed by atoms with Crippen LogP contribution in [0.4, 0.5) is 5.95 Å². The standard InChI is InChI=1S/C11H16N6S/c1-7-5-17(4-3-12-7)11-14-10(15-16-11)9-8(2)13-6-18-9/h6-7,12H,3-5H2,1-2H3,(H,14,15,16)/t7-/m0/s1. The van der Waals surface area contributed by atoms with Crippen LogP contribution in [0.5, 0.6) is 0 Å². The third-order valence-corrected chi connectivity index (χ3v) is 4.02. The van der Waals surface area contributed by atoms with Gasteiger partial charge in [-0.25, -0.2) is 4.98 Å². The molecule has 2 aromatic heterocycles. The Morgan fingerprint density at radius 3 is 3.11 bits per heavy atom. The van der Waals surface area contributed by atoms with Crippen molar-refractivity contribution in [3.05, 3.63) is 11.2 Å². The Labute approximate surface area is 109 Å². The van der Waals surface area contributed by atoms with Gasteiger partial charge >= 0.3 is 0 Å². The number of nitrogens with zero attached hydrogens (tertiary/aromatic N) is 4. The molecule has 3 heterocycles. The van der Waals surface area contributed by atoms with Crippen molar-refractivity contribution in [1.82, 2.24) is 25.5 Å². The third-order valence-electron chi connectivity index (χ3n) is 3.09. The van der Waals surface area contributed by atoms with E-state index in [-0.39, 0.29) is 0 Å². The van der Waals surface area contributed by atoms with E-state index < -0.39 is 0 Å². The lowest BCUT2D eigenvalue weighted by Crippen LogP contribution is -2.49. The summed E-state index contributed by atoms with van der Waals surface area (Å²) in [6.45, 7) is 7.03. The van der Waals surface area contributed by atoms with Crippen LogP contribution in [0.25, 0.3) is 10.7 Å². The summed E-state index contributed by atoms with van der Waals surface area (Å²) in [6, 6.07) is 0.478. The predicted molar refractivity (Wildman–Crippen MR) is 71.9 cm³/mol. The van der Waals surface area contributed by atoms with E-state index in [4.69, 9.17) is 0 Å². The minimum absolute atomic E-state index is 0.478. The van der Waals surface area contributed by atoms with Crippen LogP contribution in [-0.4, -0.2) is 45.8 Å². The zero-order valence-electron chi connectivity index (χ0n) is 10.5. The number of nitrogens with one attached hydrogen (secondary N) is 2.